The minimum atomic E-state index is -1.65. The average molecular weight is 510 g/mol. The van der Waals surface area contributed by atoms with Gasteiger partial charge in [-0.05, 0) is 42.5 Å². The van der Waals surface area contributed by atoms with Crippen molar-refractivity contribution >= 4 is 11.9 Å². The van der Waals surface area contributed by atoms with Crippen LogP contribution < -0.4 is 4.74 Å². The zero-order chi connectivity index (χ0) is 26.4. The number of hydrogen-bond donors (Lipinski definition) is 4. The smallest absolute Gasteiger partial charge is 0.338 e. The Labute approximate surface area is 212 Å². The Bertz CT molecular complexity index is 1200. The Kier molecular flexibility index (Phi) is 8.36. The van der Waals surface area contributed by atoms with Crippen LogP contribution in [0.3, 0.4) is 0 Å². The molecule has 0 unspecified atom stereocenters. The maximum absolute atomic E-state index is 12.6. The quantitative estimate of drug-likeness (QED) is 0.330. The van der Waals surface area contributed by atoms with Crippen molar-refractivity contribution in [2.75, 3.05) is 6.61 Å². The first kappa shape index (κ1) is 26.1. The van der Waals surface area contributed by atoms with Gasteiger partial charge in [0.05, 0.1) is 17.7 Å². The highest BCUT2D eigenvalue weighted by Gasteiger charge is 2.48. The number of phenols is 1. The van der Waals surface area contributed by atoms with Gasteiger partial charge < -0.3 is 39.4 Å². The first-order valence-corrected chi connectivity index (χ1v) is 11.5. The lowest BCUT2D eigenvalue weighted by atomic mass is 9.98. The lowest BCUT2D eigenvalue weighted by molar-refractivity contribution is -0.277. The Morgan fingerprint density at radius 3 is 2.08 bits per heavy atom. The molecule has 5 atom stereocenters. The SMILES string of the molecule is O=C(OCc1cc(O)ccc1O[C@@H]1O[C@@H](CO)[C@H](O)[C@@H](OC(=O)c2ccccc2)[C@@H]1O)c1ccccc1. The molecule has 1 aliphatic rings. The lowest BCUT2D eigenvalue weighted by Gasteiger charge is -2.41. The van der Waals surface area contributed by atoms with Gasteiger partial charge in [0.25, 0.3) is 0 Å². The van der Waals surface area contributed by atoms with Crippen molar-refractivity contribution in [2.24, 2.45) is 0 Å². The number of hydrogen-bond acceptors (Lipinski definition) is 10. The first-order chi connectivity index (χ1) is 17.9. The van der Waals surface area contributed by atoms with E-state index in [1.165, 1.54) is 30.3 Å². The molecule has 1 saturated heterocycles. The van der Waals surface area contributed by atoms with Crippen LogP contribution in [0.1, 0.15) is 26.3 Å². The number of benzene rings is 3. The molecule has 4 rings (SSSR count). The van der Waals surface area contributed by atoms with Crippen molar-refractivity contribution in [3.8, 4) is 11.5 Å². The Morgan fingerprint density at radius 2 is 1.46 bits per heavy atom. The molecule has 0 saturated carbocycles. The summed E-state index contributed by atoms with van der Waals surface area (Å²) in [6.07, 6.45) is -7.40. The van der Waals surface area contributed by atoms with E-state index < -0.39 is 49.3 Å². The predicted molar refractivity (Wildman–Crippen MR) is 128 cm³/mol. The Balaban J connectivity index is 1.51. The van der Waals surface area contributed by atoms with Crippen LogP contribution in [0.5, 0.6) is 11.5 Å². The summed E-state index contributed by atoms with van der Waals surface area (Å²) < 4.78 is 22.0. The number of rotatable bonds is 8. The molecule has 3 aromatic carbocycles. The molecule has 10 nitrogen and oxygen atoms in total. The molecule has 0 radical (unpaired) electrons. The molecule has 1 aliphatic heterocycles. The highest BCUT2D eigenvalue weighted by Crippen LogP contribution is 2.30. The largest absolute Gasteiger partial charge is 0.508 e. The normalized spacial score (nSPS) is 23.2. The van der Waals surface area contributed by atoms with Crippen molar-refractivity contribution in [3.63, 3.8) is 0 Å². The summed E-state index contributed by atoms with van der Waals surface area (Å²) in [5.74, 6) is -1.43. The minimum Gasteiger partial charge on any atom is -0.508 e. The van der Waals surface area contributed by atoms with Crippen LogP contribution in [-0.2, 0) is 20.8 Å². The Hall–Kier alpha value is -3.96. The molecule has 37 heavy (non-hydrogen) atoms. The van der Waals surface area contributed by atoms with Crippen molar-refractivity contribution in [3.05, 3.63) is 95.6 Å². The maximum atomic E-state index is 12.6. The molecule has 1 heterocycles. The first-order valence-electron chi connectivity index (χ1n) is 11.5. The number of esters is 2. The second-order valence-electron chi connectivity index (χ2n) is 8.29. The molecular weight excluding hydrogens is 484 g/mol. The van der Waals surface area contributed by atoms with Gasteiger partial charge in [-0.2, -0.15) is 0 Å². The summed E-state index contributed by atoms with van der Waals surface area (Å²) in [5, 5.41) is 41.1. The van der Waals surface area contributed by atoms with Gasteiger partial charge in [0, 0.05) is 5.56 Å². The highest BCUT2D eigenvalue weighted by atomic mass is 16.7. The summed E-state index contributed by atoms with van der Waals surface area (Å²) in [6.45, 7) is -0.928. The minimum absolute atomic E-state index is 0.0870. The number of phenolic OH excluding ortho intramolecular Hbond substituents is 1. The van der Waals surface area contributed by atoms with Gasteiger partial charge in [-0.3, -0.25) is 0 Å². The number of carbonyl (C=O) groups excluding carboxylic acids is 2. The monoisotopic (exact) mass is 510 g/mol. The summed E-state index contributed by atoms with van der Waals surface area (Å²) >= 11 is 0. The lowest BCUT2D eigenvalue weighted by Crippen LogP contribution is -2.61. The van der Waals surface area contributed by atoms with Gasteiger partial charge in [-0.1, -0.05) is 36.4 Å². The van der Waals surface area contributed by atoms with Crippen LogP contribution in [-0.4, -0.2) is 69.7 Å². The van der Waals surface area contributed by atoms with Crippen LogP contribution >= 0.6 is 0 Å². The molecule has 194 valence electrons. The average Bonchev–Trinajstić information content (AvgIpc) is 2.93. The third-order valence-electron chi connectivity index (χ3n) is 5.73. The van der Waals surface area contributed by atoms with E-state index in [1.54, 1.807) is 48.5 Å². The fraction of sp³-hybridized carbons (Fsp3) is 0.259. The number of aliphatic hydroxyl groups excluding tert-OH is 3. The van der Waals surface area contributed by atoms with Crippen molar-refractivity contribution in [1.82, 2.24) is 0 Å². The molecule has 3 aromatic rings. The van der Waals surface area contributed by atoms with Gasteiger partial charge in [0.2, 0.25) is 6.29 Å². The van der Waals surface area contributed by atoms with Gasteiger partial charge in [0.1, 0.15) is 30.3 Å². The van der Waals surface area contributed by atoms with Crippen LogP contribution in [0, 0.1) is 0 Å². The predicted octanol–water partition coefficient (Wildman–Crippen LogP) is 1.79. The molecule has 4 N–H and O–H groups in total. The van der Waals surface area contributed by atoms with Crippen LogP contribution in [0.25, 0.3) is 0 Å². The molecule has 0 spiro atoms. The summed E-state index contributed by atoms with van der Waals surface area (Å²) in [5.41, 5.74) is 0.788. The van der Waals surface area contributed by atoms with Gasteiger partial charge in [-0.25, -0.2) is 9.59 Å². The summed E-state index contributed by atoms with van der Waals surface area (Å²) in [6, 6.07) is 20.3. The van der Waals surface area contributed by atoms with E-state index >= 15 is 0 Å². The zero-order valence-corrected chi connectivity index (χ0v) is 19.5. The van der Waals surface area contributed by atoms with E-state index in [9.17, 15) is 30.0 Å². The second-order valence-corrected chi connectivity index (χ2v) is 8.29. The van der Waals surface area contributed by atoms with E-state index in [2.05, 4.69) is 0 Å². The molecule has 10 heteroatoms. The topological polar surface area (TPSA) is 152 Å². The van der Waals surface area contributed by atoms with Crippen molar-refractivity contribution in [1.29, 1.82) is 0 Å². The third kappa shape index (κ3) is 6.25. The van der Waals surface area contributed by atoms with Crippen LogP contribution in [0.2, 0.25) is 0 Å². The second kappa shape index (κ2) is 11.8. The van der Waals surface area contributed by atoms with E-state index in [0.29, 0.717) is 5.56 Å². The van der Waals surface area contributed by atoms with Gasteiger partial charge in [0.15, 0.2) is 12.2 Å². The van der Waals surface area contributed by atoms with Gasteiger partial charge in [-0.15, -0.1) is 0 Å². The Morgan fingerprint density at radius 1 is 0.838 bits per heavy atom. The number of carbonyl (C=O) groups is 2. The number of aromatic hydroxyl groups is 1. The fourth-order valence-corrected chi connectivity index (χ4v) is 3.78. The standard InChI is InChI=1S/C27H26O10/c28-14-21-22(30)24(37-26(33)17-9-5-2-6-10-17)23(31)27(36-21)35-20-12-11-19(29)13-18(20)15-34-25(32)16-7-3-1-4-8-16/h1-13,21-24,27-31H,14-15H2/t21-,22-,23-,24+,27+/m0/s1. The highest BCUT2D eigenvalue weighted by molar-refractivity contribution is 5.89. The maximum Gasteiger partial charge on any atom is 0.338 e. The summed E-state index contributed by atoms with van der Waals surface area (Å²) in [7, 11) is 0. The molecule has 1 fully saturated rings. The number of ether oxygens (including phenoxy) is 4. The van der Waals surface area contributed by atoms with Crippen molar-refractivity contribution < 1.29 is 49.0 Å². The number of aliphatic hydroxyl groups is 3. The third-order valence-corrected chi connectivity index (χ3v) is 5.73. The molecule has 0 aromatic heterocycles. The molecule has 0 bridgehead atoms. The zero-order valence-electron chi connectivity index (χ0n) is 19.5. The molecule has 0 aliphatic carbocycles. The van der Waals surface area contributed by atoms with E-state index in [-0.39, 0.29) is 29.2 Å². The molecular formula is C27H26O10. The van der Waals surface area contributed by atoms with Crippen LogP contribution in [0.15, 0.2) is 78.9 Å². The molecule has 0 amide bonds. The van der Waals surface area contributed by atoms with E-state index in [1.807, 2.05) is 0 Å². The van der Waals surface area contributed by atoms with E-state index in [4.69, 9.17) is 18.9 Å². The summed E-state index contributed by atoms with van der Waals surface area (Å²) in [4.78, 5) is 24.9. The fourth-order valence-electron chi connectivity index (χ4n) is 3.78. The van der Waals surface area contributed by atoms with Crippen LogP contribution in [0.4, 0.5) is 0 Å². The van der Waals surface area contributed by atoms with Crippen molar-refractivity contribution in [2.45, 2.75) is 37.3 Å². The van der Waals surface area contributed by atoms with Gasteiger partial charge >= 0.3 is 11.9 Å². The van der Waals surface area contributed by atoms with E-state index in [0.717, 1.165) is 0 Å².